The van der Waals surface area contributed by atoms with Crippen molar-refractivity contribution in [1.82, 2.24) is 14.8 Å². The number of aromatic nitrogens is 3. The highest BCUT2D eigenvalue weighted by atomic mass is 35.5. The minimum atomic E-state index is -0.330. The average Bonchev–Trinajstić information content (AvgIpc) is 3.11. The number of methoxy groups -OCH3 is 1. The second kappa shape index (κ2) is 6.26. The maximum Gasteiger partial charge on any atom is 0.188 e. The van der Waals surface area contributed by atoms with Gasteiger partial charge in [-0.05, 0) is 24.3 Å². The lowest BCUT2D eigenvalue weighted by Gasteiger charge is -2.08. The van der Waals surface area contributed by atoms with Crippen LogP contribution < -0.4 is 10.1 Å². The van der Waals surface area contributed by atoms with Gasteiger partial charge < -0.3 is 10.1 Å². The van der Waals surface area contributed by atoms with Crippen molar-refractivity contribution in [3.05, 3.63) is 42.3 Å². The Kier molecular flexibility index (Phi) is 4.29. The summed E-state index contributed by atoms with van der Waals surface area (Å²) in [6, 6.07) is 8.39. The number of aryl methyl sites for hydroxylation is 1. The van der Waals surface area contributed by atoms with Gasteiger partial charge in [0.15, 0.2) is 5.13 Å². The Morgan fingerprint density at radius 3 is 2.88 bits per heavy atom. The molecule has 0 unspecified atom stereocenters. The SMILES string of the molecule is COc1ccc(F)cc1Nc1nc2c(ccc3c2cnn3C)s1.Cl. The monoisotopic (exact) mass is 364 g/mol. The number of fused-ring (bicyclic) bond motifs is 3. The first-order valence-corrected chi connectivity index (χ1v) is 7.79. The Morgan fingerprint density at radius 2 is 2.08 bits per heavy atom. The second-order valence-corrected chi connectivity index (χ2v) is 6.13. The molecule has 5 nitrogen and oxygen atoms in total. The van der Waals surface area contributed by atoms with E-state index in [4.69, 9.17) is 4.74 Å². The van der Waals surface area contributed by atoms with E-state index in [-0.39, 0.29) is 18.2 Å². The fourth-order valence-electron chi connectivity index (χ4n) is 2.57. The second-order valence-electron chi connectivity index (χ2n) is 5.10. The number of ether oxygens (including phenoxy) is 1. The Bertz CT molecular complexity index is 1030. The summed E-state index contributed by atoms with van der Waals surface area (Å²) < 4.78 is 21.6. The molecule has 124 valence electrons. The number of thiazole rings is 1. The molecular formula is C16H14ClFN4OS. The smallest absolute Gasteiger partial charge is 0.188 e. The maximum atomic E-state index is 13.5. The summed E-state index contributed by atoms with van der Waals surface area (Å²) in [7, 11) is 3.45. The number of nitrogens with one attached hydrogen (secondary N) is 1. The molecule has 2 heterocycles. The zero-order valence-corrected chi connectivity index (χ0v) is 14.5. The molecule has 2 aromatic carbocycles. The molecule has 0 aliphatic carbocycles. The van der Waals surface area contributed by atoms with Gasteiger partial charge in [-0.2, -0.15) is 5.10 Å². The summed E-state index contributed by atoms with van der Waals surface area (Å²) in [5, 5.41) is 9.09. The predicted molar refractivity (Wildman–Crippen MR) is 97.4 cm³/mol. The number of nitrogens with zero attached hydrogens (tertiary/aromatic N) is 3. The van der Waals surface area contributed by atoms with E-state index in [1.165, 1.54) is 23.5 Å². The largest absolute Gasteiger partial charge is 0.495 e. The Hall–Kier alpha value is -2.38. The summed E-state index contributed by atoms with van der Waals surface area (Å²) in [4.78, 5) is 4.63. The van der Waals surface area contributed by atoms with E-state index in [0.29, 0.717) is 16.6 Å². The molecule has 0 saturated heterocycles. The zero-order valence-electron chi connectivity index (χ0n) is 12.9. The van der Waals surface area contributed by atoms with E-state index in [9.17, 15) is 4.39 Å². The lowest BCUT2D eigenvalue weighted by molar-refractivity contribution is 0.416. The number of hydrogen-bond acceptors (Lipinski definition) is 5. The van der Waals surface area contributed by atoms with Gasteiger partial charge in [-0.15, -0.1) is 12.4 Å². The van der Waals surface area contributed by atoms with Crippen LogP contribution in [-0.4, -0.2) is 21.9 Å². The van der Waals surface area contributed by atoms with Crippen molar-refractivity contribution in [2.24, 2.45) is 7.05 Å². The number of hydrogen-bond donors (Lipinski definition) is 1. The van der Waals surface area contributed by atoms with Gasteiger partial charge in [0.25, 0.3) is 0 Å². The van der Waals surface area contributed by atoms with E-state index >= 15 is 0 Å². The van der Waals surface area contributed by atoms with Crippen molar-refractivity contribution in [2.45, 2.75) is 0 Å². The minimum Gasteiger partial charge on any atom is -0.495 e. The summed E-state index contributed by atoms with van der Waals surface area (Å²) in [5.74, 6) is 0.237. The molecule has 4 aromatic rings. The average molecular weight is 365 g/mol. The van der Waals surface area contributed by atoms with Crippen LogP contribution in [0.1, 0.15) is 0 Å². The van der Waals surface area contributed by atoms with Crippen molar-refractivity contribution < 1.29 is 9.13 Å². The lowest BCUT2D eigenvalue weighted by Crippen LogP contribution is -1.94. The van der Waals surface area contributed by atoms with E-state index < -0.39 is 0 Å². The Morgan fingerprint density at radius 1 is 1.25 bits per heavy atom. The topological polar surface area (TPSA) is 52.0 Å². The quantitative estimate of drug-likeness (QED) is 0.581. The van der Waals surface area contributed by atoms with E-state index in [2.05, 4.69) is 15.4 Å². The van der Waals surface area contributed by atoms with Crippen molar-refractivity contribution >= 4 is 55.7 Å². The molecule has 0 saturated carbocycles. The van der Waals surface area contributed by atoms with Crippen molar-refractivity contribution in [2.75, 3.05) is 12.4 Å². The van der Waals surface area contributed by atoms with Gasteiger partial charge in [-0.3, -0.25) is 4.68 Å². The highest BCUT2D eigenvalue weighted by Gasteiger charge is 2.12. The molecular weight excluding hydrogens is 351 g/mol. The molecule has 1 N–H and O–H groups in total. The van der Waals surface area contributed by atoms with Crippen molar-refractivity contribution in [1.29, 1.82) is 0 Å². The molecule has 24 heavy (non-hydrogen) atoms. The molecule has 0 aliphatic rings. The van der Waals surface area contributed by atoms with Crippen LogP contribution in [-0.2, 0) is 7.05 Å². The number of anilines is 2. The summed E-state index contributed by atoms with van der Waals surface area (Å²) >= 11 is 1.50. The molecule has 0 fully saturated rings. The van der Waals surface area contributed by atoms with Gasteiger partial charge in [0.2, 0.25) is 0 Å². The third-order valence-corrected chi connectivity index (χ3v) is 4.62. The van der Waals surface area contributed by atoms with Crippen molar-refractivity contribution in [3.63, 3.8) is 0 Å². The van der Waals surface area contributed by atoms with Crippen LogP contribution in [0.15, 0.2) is 36.5 Å². The van der Waals surface area contributed by atoms with Crippen LogP contribution in [0.3, 0.4) is 0 Å². The number of benzene rings is 2. The number of rotatable bonds is 3. The molecule has 4 rings (SSSR count). The van der Waals surface area contributed by atoms with Crippen LogP contribution in [0.2, 0.25) is 0 Å². The molecule has 0 bridgehead atoms. The molecule has 0 radical (unpaired) electrons. The van der Waals surface area contributed by atoms with Crippen LogP contribution in [0.25, 0.3) is 21.1 Å². The molecule has 0 atom stereocenters. The Balaban J connectivity index is 0.00000169. The fourth-order valence-corrected chi connectivity index (χ4v) is 3.46. The summed E-state index contributed by atoms with van der Waals surface area (Å²) in [6.07, 6.45) is 1.81. The van der Waals surface area contributed by atoms with Crippen LogP contribution >= 0.6 is 23.7 Å². The van der Waals surface area contributed by atoms with Crippen LogP contribution in [0.5, 0.6) is 5.75 Å². The normalized spacial score (nSPS) is 10.8. The van der Waals surface area contributed by atoms with E-state index in [0.717, 1.165) is 21.1 Å². The van der Waals surface area contributed by atoms with Crippen LogP contribution in [0.4, 0.5) is 15.2 Å². The minimum absolute atomic E-state index is 0. The van der Waals surface area contributed by atoms with Crippen LogP contribution in [0, 0.1) is 5.82 Å². The molecule has 0 amide bonds. The van der Waals surface area contributed by atoms with Gasteiger partial charge in [0.05, 0.1) is 34.7 Å². The third kappa shape index (κ3) is 2.65. The van der Waals surface area contributed by atoms with Gasteiger partial charge in [-0.25, -0.2) is 9.37 Å². The molecule has 0 spiro atoms. The van der Waals surface area contributed by atoms with Gasteiger partial charge in [0, 0.05) is 18.5 Å². The highest BCUT2D eigenvalue weighted by Crippen LogP contribution is 2.35. The predicted octanol–water partition coefficient (Wildman–Crippen LogP) is 4.50. The molecule has 2 aromatic heterocycles. The summed E-state index contributed by atoms with van der Waals surface area (Å²) in [6.45, 7) is 0. The van der Waals surface area contributed by atoms with E-state index in [1.807, 2.05) is 30.1 Å². The Labute approximate surface area is 147 Å². The highest BCUT2D eigenvalue weighted by molar-refractivity contribution is 7.22. The molecule has 8 heteroatoms. The van der Waals surface area contributed by atoms with Gasteiger partial charge in [0.1, 0.15) is 11.6 Å². The van der Waals surface area contributed by atoms with Gasteiger partial charge in [-0.1, -0.05) is 11.3 Å². The van der Waals surface area contributed by atoms with Crippen molar-refractivity contribution in [3.8, 4) is 5.75 Å². The molecule has 0 aliphatic heterocycles. The zero-order chi connectivity index (χ0) is 16.0. The maximum absolute atomic E-state index is 13.5. The summed E-state index contributed by atoms with van der Waals surface area (Å²) in [5.41, 5.74) is 2.46. The first-order valence-electron chi connectivity index (χ1n) is 6.97. The first-order chi connectivity index (χ1) is 11.2. The first kappa shape index (κ1) is 16.5. The van der Waals surface area contributed by atoms with E-state index in [1.54, 1.807) is 13.2 Å². The fraction of sp³-hybridized carbons (Fsp3) is 0.125. The number of halogens is 2. The standard InChI is InChI=1S/C16H13FN4OS.ClH/c1-21-12-4-6-14-15(10(12)8-18-21)20-16(23-14)19-11-7-9(17)3-5-13(11)22-2;/h3-8H,1-2H3,(H,19,20);1H. The van der Waals surface area contributed by atoms with Gasteiger partial charge >= 0.3 is 0 Å². The lowest BCUT2D eigenvalue weighted by atomic mass is 10.2. The third-order valence-electron chi connectivity index (χ3n) is 3.69.